The van der Waals surface area contributed by atoms with E-state index < -0.39 is 0 Å². The summed E-state index contributed by atoms with van der Waals surface area (Å²) in [6.07, 6.45) is 2.65. The van der Waals surface area contributed by atoms with Crippen molar-refractivity contribution in [3.63, 3.8) is 0 Å². The van der Waals surface area contributed by atoms with Crippen LogP contribution in [0.1, 0.15) is 24.2 Å². The number of pyridine rings is 1. The molecule has 0 spiro atoms. The predicted octanol–water partition coefficient (Wildman–Crippen LogP) is 2.31. The van der Waals surface area contributed by atoms with Gasteiger partial charge in [0.05, 0.1) is 5.69 Å². The summed E-state index contributed by atoms with van der Waals surface area (Å²) in [6.45, 7) is 6.54. The summed E-state index contributed by atoms with van der Waals surface area (Å²) in [4.78, 5) is 6.93. The Morgan fingerprint density at radius 3 is 2.89 bits per heavy atom. The monoisotopic (exact) mass is 279 g/mol. The Morgan fingerprint density at radius 2 is 2.16 bits per heavy atom. The zero-order valence-electron chi connectivity index (χ0n) is 12.1. The summed E-state index contributed by atoms with van der Waals surface area (Å²) in [5.41, 5.74) is 2.28. The lowest BCUT2D eigenvalue weighted by Crippen LogP contribution is -2.30. The van der Waals surface area contributed by atoms with Crippen LogP contribution in [0.25, 0.3) is 0 Å². The molecule has 0 amide bonds. The van der Waals surface area contributed by atoms with E-state index in [4.69, 9.17) is 0 Å². The minimum absolute atomic E-state index is 0.867. The molecule has 0 aromatic carbocycles. The number of rotatable bonds is 6. The van der Waals surface area contributed by atoms with Crippen molar-refractivity contribution in [2.24, 2.45) is 0 Å². The summed E-state index contributed by atoms with van der Waals surface area (Å²) in [6, 6.07) is 6.26. The van der Waals surface area contributed by atoms with Crippen molar-refractivity contribution in [1.82, 2.24) is 15.2 Å². The lowest BCUT2D eigenvalue weighted by atomic mass is 10.2. The topological polar surface area (TPSA) is 28.2 Å². The molecule has 0 aliphatic carbocycles. The Labute approximate surface area is 121 Å². The molecule has 0 unspecified atom stereocenters. The number of hydrogen-bond acceptors (Lipinski definition) is 4. The van der Waals surface area contributed by atoms with Gasteiger partial charge in [0.1, 0.15) is 0 Å². The summed E-state index contributed by atoms with van der Waals surface area (Å²) in [5.74, 6) is 1.23. The Hall–Kier alpha value is -0.580. The third kappa shape index (κ3) is 5.51. The van der Waals surface area contributed by atoms with Crippen molar-refractivity contribution < 1.29 is 0 Å². The number of nitrogens with one attached hydrogen (secondary N) is 1. The van der Waals surface area contributed by atoms with E-state index in [9.17, 15) is 0 Å². The Balaban J connectivity index is 1.65. The number of hydrogen-bond donors (Lipinski definition) is 1. The Bertz CT molecular complexity index is 377. The average Bonchev–Trinajstić information content (AvgIpc) is 2.40. The van der Waals surface area contributed by atoms with Crippen LogP contribution in [0.5, 0.6) is 0 Å². The van der Waals surface area contributed by atoms with Gasteiger partial charge < -0.3 is 5.32 Å². The fourth-order valence-corrected chi connectivity index (χ4v) is 3.70. The van der Waals surface area contributed by atoms with Gasteiger partial charge in [0.25, 0.3) is 0 Å². The van der Waals surface area contributed by atoms with E-state index in [1.165, 1.54) is 37.4 Å². The number of nitrogens with zero attached hydrogens (tertiary/aromatic N) is 2. The molecule has 2 rings (SSSR count). The minimum atomic E-state index is 0.867. The van der Waals surface area contributed by atoms with Gasteiger partial charge in [-0.25, -0.2) is 0 Å². The molecule has 0 radical (unpaired) electrons. The van der Waals surface area contributed by atoms with Crippen LogP contribution in [0.4, 0.5) is 0 Å². The number of piperidine rings is 1. The Morgan fingerprint density at radius 1 is 1.37 bits per heavy atom. The zero-order chi connectivity index (χ0) is 13.5. The quantitative estimate of drug-likeness (QED) is 0.865. The standard InChI is InChI=1S/C15H25N3S/c1-13-4-3-5-14(17-13)12-18(2)10-11-19-15-6-8-16-9-7-15/h3-5,15-16H,6-12H2,1-2H3. The van der Waals surface area contributed by atoms with E-state index in [0.717, 1.165) is 24.0 Å². The zero-order valence-corrected chi connectivity index (χ0v) is 12.9. The number of aryl methyl sites for hydroxylation is 1. The van der Waals surface area contributed by atoms with E-state index in [1.54, 1.807) is 0 Å². The van der Waals surface area contributed by atoms with Crippen LogP contribution in [-0.2, 0) is 6.54 Å². The van der Waals surface area contributed by atoms with E-state index in [0.29, 0.717) is 0 Å². The smallest absolute Gasteiger partial charge is 0.0547 e. The molecule has 2 heterocycles. The van der Waals surface area contributed by atoms with Crippen LogP contribution in [-0.4, -0.2) is 47.6 Å². The maximum atomic E-state index is 4.55. The van der Waals surface area contributed by atoms with Gasteiger partial charge in [0, 0.05) is 29.8 Å². The van der Waals surface area contributed by atoms with Crippen LogP contribution in [0.15, 0.2) is 18.2 Å². The van der Waals surface area contributed by atoms with Crippen molar-refractivity contribution >= 4 is 11.8 Å². The summed E-state index contributed by atoms with van der Waals surface area (Å²) in [5, 5.41) is 4.29. The normalized spacial score (nSPS) is 17.0. The third-order valence-electron chi connectivity index (χ3n) is 3.49. The molecule has 0 saturated carbocycles. The molecule has 106 valence electrons. The van der Waals surface area contributed by atoms with E-state index >= 15 is 0 Å². The molecule has 0 atom stereocenters. The highest BCUT2D eigenvalue weighted by molar-refractivity contribution is 7.99. The molecule has 1 fully saturated rings. The van der Waals surface area contributed by atoms with Gasteiger partial charge in [-0.3, -0.25) is 9.88 Å². The van der Waals surface area contributed by atoms with Gasteiger partial charge >= 0.3 is 0 Å². The first kappa shape index (κ1) is 14.8. The molecule has 1 aromatic heterocycles. The lowest BCUT2D eigenvalue weighted by Gasteiger charge is -2.23. The molecule has 19 heavy (non-hydrogen) atoms. The highest BCUT2D eigenvalue weighted by atomic mass is 32.2. The molecular formula is C15H25N3S. The Kier molecular flexibility index (Phi) is 6.14. The van der Waals surface area contributed by atoms with Gasteiger partial charge in [-0.2, -0.15) is 11.8 Å². The SMILES string of the molecule is Cc1cccc(CN(C)CCSC2CCNCC2)n1. The number of thioether (sulfide) groups is 1. The van der Waals surface area contributed by atoms with E-state index in [-0.39, 0.29) is 0 Å². The first-order chi connectivity index (χ1) is 9.24. The van der Waals surface area contributed by atoms with Crippen LogP contribution in [0.2, 0.25) is 0 Å². The van der Waals surface area contributed by atoms with Gasteiger partial charge in [-0.1, -0.05) is 6.07 Å². The van der Waals surface area contributed by atoms with Crippen LogP contribution in [0, 0.1) is 6.92 Å². The lowest BCUT2D eigenvalue weighted by molar-refractivity contribution is 0.343. The maximum absolute atomic E-state index is 4.55. The molecule has 1 aliphatic rings. The summed E-state index contributed by atoms with van der Waals surface area (Å²) in [7, 11) is 2.19. The largest absolute Gasteiger partial charge is 0.317 e. The van der Waals surface area contributed by atoms with Crippen LogP contribution < -0.4 is 5.32 Å². The highest BCUT2D eigenvalue weighted by Crippen LogP contribution is 2.19. The second-order valence-corrected chi connectivity index (χ2v) is 6.74. The van der Waals surface area contributed by atoms with Gasteiger partial charge in [-0.15, -0.1) is 0 Å². The molecule has 4 heteroatoms. The molecular weight excluding hydrogens is 254 g/mol. The minimum Gasteiger partial charge on any atom is -0.317 e. The first-order valence-electron chi connectivity index (χ1n) is 7.17. The van der Waals surface area contributed by atoms with Crippen molar-refractivity contribution in [3.05, 3.63) is 29.6 Å². The van der Waals surface area contributed by atoms with Gasteiger partial charge in [-0.05, 0) is 52.0 Å². The van der Waals surface area contributed by atoms with Gasteiger partial charge in [0.2, 0.25) is 0 Å². The summed E-state index contributed by atoms with van der Waals surface area (Å²) < 4.78 is 0. The molecule has 1 saturated heterocycles. The molecule has 1 N–H and O–H groups in total. The molecule has 3 nitrogen and oxygen atoms in total. The highest BCUT2D eigenvalue weighted by Gasteiger charge is 2.13. The van der Waals surface area contributed by atoms with E-state index in [2.05, 4.69) is 59.1 Å². The fraction of sp³-hybridized carbons (Fsp3) is 0.667. The van der Waals surface area contributed by atoms with Crippen LogP contribution in [0.3, 0.4) is 0 Å². The van der Waals surface area contributed by atoms with Crippen molar-refractivity contribution in [1.29, 1.82) is 0 Å². The second-order valence-electron chi connectivity index (χ2n) is 5.33. The van der Waals surface area contributed by atoms with Crippen molar-refractivity contribution in [2.45, 2.75) is 31.6 Å². The van der Waals surface area contributed by atoms with Crippen LogP contribution >= 0.6 is 11.8 Å². The van der Waals surface area contributed by atoms with Crippen molar-refractivity contribution in [3.8, 4) is 0 Å². The first-order valence-corrected chi connectivity index (χ1v) is 8.22. The molecule has 1 aliphatic heterocycles. The molecule has 1 aromatic rings. The number of aromatic nitrogens is 1. The second kappa shape index (κ2) is 7.88. The fourth-order valence-electron chi connectivity index (χ4n) is 2.38. The summed E-state index contributed by atoms with van der Waals surface area (Å²) >= 11 is 2.14. The van der Waals surface area contributed by atoms with Gasteiger partial charge in [0.15, 0.2) is 0 Å². The van der Waals surface area contributed by atoms with Crippen molar-refractivity contribution in [2.75, 3.05) is 32.4 Å². The molecule has 0 bridgehead atoms. The van der Waals surface area contributed by atoms with E-state index in [1.807, 2.05) is 0 Å². The maximum Gasteiger partial charge on any atom is 0.0547 e. The third-order valence-corrected chi connectivity index (χ3v) is 4.85. The average molecular weight is 279 g/mol. The predicted molar refractivity (Wildman–Crippen MR) is 83.7 cm³/mol.